The van der Waals surface area contributed by atoms with Crippen LogP contribution in [0.2, 0.25) is 5.02 Å². The molecule has 2 amide bonds. The maximum absolute atomic E-state index is 13.6. The molecule has 1 heterocycles. The topological polar surface area (TPSA) is 58.6 Å². The number of ether oxygens (including phenoxy) is 1. The summed E-state index contributed by atoms with van der Waals surface area (Å²) in [6, 6.07) is 22.1. The third-order valence-electron chi connectivity index (χ3n) is 5.33. The number of nitrogens with one attached hydrogen (secondary N) is 1. The molecular weight excluding hydrogens is 468 g/mol. The van der Waals surface area contributed by atoms with Gasteiger partial charge in [0.05, 0.1) is 12.3 Å². The molecule has 7 heteroatoms. The average Bonchev–Trinajstić information content (AvgIpc) is 3.05. The summed E-state index contributed by atoms with van der Waals surface area (Å²) in [5, 5.41) is 3.80. The van der Waals surface area contributed by atoms with Crippen molar-refractivity contribution in [3.63, 3.8) is 0 Å². The third kappa shape index (κ3) is 4.98. The molecule has 3 aromatic carbocycles. The Labute approximate surface area is 208 Å². The van der Waals surface area contributed by atoms with Gasteiger partial charge in [-0.15, -0.1) is 0 Å². The van der Waals surface area contributed by atoms with Crippen LogP contribution in [-0.2, 0) is 9.59 Å². The zero-order valence-corrected chi connectivity index (χ0v) is 20.7. The second kappa shape index (κ2) is 10.4. The number of benzene rings is 3. The van der Waals surface area contributed by atoms with E-state index in [0.29, 0.717) is 33.9 Å². The highest BCUT2D eigenvalue weighted by atomic mass is 35.5. The van der Waals surface area contributed by atoms with Gasteiger partial charge in [-0.1, -0.05) is 61.5 Å². The van der Waals surface area contributed by atoms with Crippen LogP contribution in [0.25, 0.3) is 0 Å². The number of carbonyl (C=O) groups excluding carboxylic acids is 2. The Balaban J connectivity index is 1.73. The number of thioether (sulfide) groups is 1. The van der Waals surface area contributed by atoms with E-state index >= 15 is 0 Å². The van der Waals surface area contributed by atoms with E-state index in [1.165, 1.54) is 22.2 Å². The van der Waals surface area contributed by atoms with E-state index in [4.69, 9.17) is 16.3 Å². The molecular formula is C27H25ClN2O3S. The number of anilines is 2. The molecule has 34 heavy (non-hydrogen) atoms. The summed E-state index contributed by atoms with van der Waals surface area (Å²) in [7, 11) is 0. The molecule has 0 saturated heterocycles. The molecule has 0 radical (unpaired) electrons. The summed E-state index contributed by atoms with van der Waals surface area (Å²) in [5.41, 5.74) is 2.57. The van der Waals surface area contributed by atoms with Crippen LogP contribution in [0.1, 0.15) is 32.3 Å². The van der Waals surface area contributed by atoms with Crippen LogP contribution >= 0.6 is 23.4 Å². The van der Waals surface area contributed by atoms with Gasteiger partial charge in [0, 0.05) is 15.6 Å². The van der Waals surface area contributed by atoms with Gasteiger partial charge in [0.1, 0.15) is 16.4 Å². The van der Waals surface area contributed by atoms with Crippen molar-refractivity contribution in [2.24, 2.45) is 0 Å². The first kappa shape index (κ1) is 23.9. The van der Waals surface area contributed by atoms with E-state index in [1.807, 2.05) is 49.4 Å². The summed E-state index contributed by atoms with van der Waals surface area (Å²) >= 11 is 7.26. The predicted octanol–water partition coefficient (Wildman–Crippen LogP) is 6.85. The molecule has 0 bridgehead atoms. The van der Waals surface area contributed by atoms with Crippen LogP contribution in [0.5, 0.6) is 5.75 Å². The number of halogens is 1. The fourth-order valence-electron chi connectivity index (χ4n) is 3.57. The maximum Gasteiger partial charge on any atom is 0.283 e. The van der Waals surface area contributed by atoms with Gasteiger partial charge < -0.3 is 10.1 Å². The highest BCUT2D eigenvalue weighted by molar-refractivity contribution is 8.04. The van der Waals surface area contributed by atoms with Crippen LogP contribution in [0, 0.1) is 0 Å². The number of rotatable bonds is 8. The molecule has 0 saturated carbocycles. The molecule has 0 spiro atoms. The number of nitrogens with zero attached hydrogens (tertiary/aromatic N) is 1. The summed E-state index contributed by atoms with van der Waals surface area (Å²) in [6.07, 6.45) is 0. The Kier molecular flexibility index (Phi) is 7.29. The van der Waals surface area contributed by atoms with Crippen LogP contribution < -0.4 is 15.0 Å². The largest absolute Gasteiger partial charge is 0.492 e. The van der Waals surface area contributed by atoms with Gasteiger partial charge in [-0.25, -0.2) is 4.90 Å². The van der Waals surface area contributed by atoms with Crippen molar-refractivity contribution in [2.75, 3.05) is 16.8 Å². The third-order valence-corrected chi connectivity index (χ3v) is 6.67. The molecule has 0 aromatic heterocycles. The lowest BCUT2D eigenvalue weighted by atomic mass is 10.0. The van der Waals surface area contributed by atoms with Crippen molar-refractivity contribution in [2.45, 2.75) is 31.6 Å². The summed E-state index contributed by atoms with van der Waals surface area (Å²) in [4.78, 5) is 29.5. The van der Waals surface area contributed by atoms with E-state index in [0.717, 1.165) is 10.6 Å². The zero-order valence-electron chi connectivity index (χ0n) is 19.2. The van der Waals surface area contributed by atoms with Gasteiger partial charge in [-0.3, -0.25) is 9.59 Å². The lowest BCUT2D eigenvalue weighted by Gasteiger charge is -2.19. The average molecular weight is 493 g/mol. The standard InChI is InChI=1S/C27H25ClN2O3S/c1-4-33-23-8-6-5-7-22(23)30-26(31)24(29-20-13-9-18(10-14-20)17(2)3)25(27(30)32)34-21-15-11-19(28)12-16-21/h5-17,29H,4H2,1-3H3. The van der Waals surface area contributed by atoms with Gasteiger partial charge in [0.2, 0.25) is 0 Å². The number of para-hydroxylation sites is 2. The smallest absolute Gasteiger partial charge is 0.283 e. The molecule has 0 aliphatic carbocycles. The lowest BCUT2D eigenvalue weighted by Crippen LogP contribution is -2.32. The first-order valence-corrected chi connectivity index (χ1v) is 12.2. The molecule has 5 nitrogen and oxygen atoms in total. The first-order valence-electron chi connectivity index (χ1n) is 11.0. The fraction of sp³-hybridized carbons (Fsp3) is 0.185. The summed E-state index contributed by atoms with van der Waals surface area (Å²) in [5.74, 6) is 0.0366. The second-order valence-electron chi connectivity index (χ2n) is 8.01. The van der Waals surface area contributed by atoms with E-state index in [9.17, 15) is 9.59 Å². The Bertz CT molecular complexity index is 1240. The SMILES string of the molecule is CCOc1ccccc1N1C(=O)C(Nc2ccc(C(C)C)cc2)=C(Sc2ccc(Cl)cc2)C1=O. The number of hydrogen-bond acceptors (Lipinski definition) is 5. The normalized spacial score (nSPS) is 13.7. The van der Waals surface area contributed by atoms with E-state index in [1.54, 1.807) is 30.3 Å². The van der Waals surface area contributed by atoms with Crippen molar-refractivity contribution in [3.8, 4) is 5.75 Å². The van der Waals surface area contributed by atoms with E-state index in [2.05, 4.69) is 19.2 Å². The van der Waals surface area contributed by atoms with Gasteiger partial charge in [-0.05, 0) is 66.9 Å². The highest BCUT2D eigenvalue weighted by Gasteiger charge is 2.41. The lowest BCUT2D eigenvalue weighted by molar-refractivity contribution is -0.120. The van der Waals surface area contributed by atoms with Crippen molar-refractivity contribution in [1.29, 1.82) is 0 Å². The van der Waals surface area contributed by atoms with Gasteiger partial charge in [-0.2, -0.15) is 0 Å². The highest BCUT2D eigenvalue weighted by Crippen LogP contribution is 2.40. The van der Waals surface area contributed by atoms with Gasteiger partial charge >= 0.3 is 0 Å². The van der Waals surface area contributed by atoms with Crippen LogP contribution in [0.15, 0.2) is 88.3 Å². The minimum atomic E-state index is -0.429. The fourth-order valence-corrected chi connectivity index (χ4v) is 4.62. The van der Waals surface area contributed by atoms with Crippen LogP contribution in [0.3, 0.4) is 0 Å². The molecule has 0 unspecified atom stereocenters. The van der Waals surface area contributed by atoms with Gasteiger partial charge in [0.15, 0.2) is 0 Å². The Morgan fingerprint density at radius 1 is 0.941 bits per heavy atom. The van der Waals surface area contributed by atoms with E-state index < -0.39 is 11.8 Å². The molecule has 1 aliphatic rings. The Hall–Kier alpha value is -3.22. The minimum Gasteiger partial charge on any atom is -0.492 e. The van der Waals surface area contributed by atoms with Crippen molar-refractivity contribution < 1.29 is 14.3 Å². The summed E-state index contributed by atoms with van der Waals surface area (Å²) < 4.78 is 5.70. The molecule has 0 fully saturated rings. The molecule has 174 valence electrons. The minimum absolute atomic E-state index is 0.230. The molecule has 0 atom stereocenters. The number of amides is 2. The molecule has 1 aliphatic heterocycles. The predicted molar refractivity (Wildman–Crippen MR) is 139 cm³/mol. The van der Waals surface area contributed by atoms with Gasteiger partial charge in [0.25, 0.3) is 11.8 Å². The maximum atomic E-state index is 13.6. The first-order chi connectivity index (χ1) is 16.4. The van der Waals surface area contributed by atoms with Crippen LogP contribution in [-0.4, -0.2) is 18.4 Å². The van der Waals surface area contributed by atoms with Crippen LogP contribution in [0.4, 0.5) is 11.4 Å². The van der Waals surface area contributed by atoms with E-state index in [-0.39, 0.29) is 5.70 Å². The zero-order chi connectivity index (χ0) is 24.2. The summed E-state index contributed by atoms with van der Waals surface area (Å²) in [6.45, 7) is 6.52. The monoisotopic (exact) mass is 492 g/mol. The quantitative estimate of drug-likeness (QED) is 0.348. The number of carbonyl (C=O) groups is 2. The number of imide groups is 1. The van der Waals surface area contributed by atoms with Crippen molar-refractivity contribution in [1.82, 2.24) is 0 Å². The molecule has 1 N–H and O–H groups in total. The molecule has 4 rings (SSSR count). The Morgan fingerprint density at radius 3 is 2.26 bits per heavy atom. The van der Waals surface area contributed by atoms with Crippen molar-refractivity contribution in [3.05, 3.63) is 94.0 Å². The Morgan fingerprint density at radius 2 is 1.62 bits per heavy atom. The number of hydrogen-bond donors (Lipinski definition) is 1. The second-order valence-corrected chi connectivity index (χ2v) is 9.53. The van der Waals surface area contributed by atoms with Crippen molar-refractivity contribution >= 4 is 46.6 Å². The molecule has 3 aromatic rings.